The Balaban J connectivity index is 1.54. The standard InChI is InChI=1S/C25H42N2O/c1-20(25(3,4)23-12-8-9-13-24(28)16-23)17-27-15-14-26(18-21(27)2)19-22-10-6-5-7-11-22/h8,12-13,16,20-22,28H,5-7,9-11,14-15,17-19H2,1-4H3. The molecule has 0 spiro atoms. The predicted octanol–water partition coefficient (Wildman–Crippen LogP) is 5.56. The molecule has 0 bridgehead atoms. The third-order valence-corrected chi connectivity index (χ3v) is 7.64. The summed E-state index contributed by atoms with van der Waals surface area (Å²) in [7, 11) is 0. The summed E-state index contributed by atoms with van der Waals surface area (Å²) < 4.78 is 0. The molecule has 3 heteroatoms. The largest absolute Gasteiger partial charge is 0.508 e. The van der Waals surface area contributed by atoms with Gasteiger partial charge in [-0.1, -0.05) is 52.2 Å². The fourth-order valence-corrected chi connectivity index (χ4v) is 5.16. The van der Waals surface area contributed by atoms with Gasteiger partial charge in [0.05, 0.1) is 0 Å². The molecule has 1 saturated carbocycles. The second-order valence-electron chi connectivity index (χ2n) is 10.1. The van der Waals surface area contributed by atoms with Crippen LogP contribution in [-0.2, 0) is 0 Å². The van der Waals surface area contributed by atoms with Gasteiger partial charge in [0.15, 0.2) is 0 Å². The minimum absolute atomic E-state index is 0.0433. The zero-order valence-corrected chi connectivity index (χ0v) is 18.7. The summed E-state index contributed by atoms with van der Waals surface area (Å²) in [5.74, 6) is 1.88. The molecule has 3 nitrogen and oxygen atoms in total. The van der Waals surface area contributed by atoms with Crippen LogP contribution in [-0.4, -0.2) is 53.7 Å². The van der Waals surface area contributed by atoms with E-state index in [-0.39, 0.29) is 5.41 Å². The smallest absolute Gasteiger partial charge is 0.112 e. The van der Waals surface area contributed by atoms with Gasteiger partial charge in [0.2, 0.25) is 0 Å². The number of aliphatic hydroxyl groups is 1. The number of hydrogen-bond acceptors (Lipinski definition) is 3. The van der Waals surface area contributed by atoms with Crippen LogP contribution in [0.3, 0.4) is 0 Å². The van der Waals surface area contributed by atoms with Crippen molar-refractivity contribution in [2.24, 2.45) is 17.3 Å². The molecule has 0 amide bonds. The van der Waals surface area contributed by atoms with Gasteiger partial charge >= 0.3 is 0 Å². The molecule has 3 rings (SSSR count). The van der Waals surface area contributed by atoms with Crippen LogP contribution in [0.15, 0.2) is 35.6 Å². The van der Waals surface area contributed by atoms with Crippen molar-refractivity contribution in [1.29, 1.82) is 0 Å². The summed E-state index contributed by atoms with van der Waals surface area (Å²) in [4.78, 5) is 5.42. The third kappa shape index (κ3) is 5.51. The number of aliphatic hydroxyl groups excluding tert-OH is 1. The molecular formula is C25H42N2O. The van der Waals surface area contributed by atoms with Gasteiger partial charge in [-0.25, -0.2) is 0 Å². The van der Waals surface area contributed by atoms with E-state index in [0.717, 1.165) is 18.9 Å². The highest BCUT2D eigenvalue weighted by Crippen LogP contribution is 2.38. The van der Waals surface area contributed by atoms with Crippen molar-refractivity contribution in [2.45, 2.75) is 72.3 Å². The summed E-state index contributed by atoms with van der Waals surface area (Å²) in [6.45, 7) is 15.5. The van der Waals surface area contributed by atoms with Crippen LogP contribution in [0.1, 0.15) is 66.2 Å². The second kappa shape index (κ2) is 9.63. The molecule has 0 aromatic rings. The zero-order chi connectivity index (χ0) is 20.1. The Bertz CT molecular complexity index is 598. The van der Waals surface area contributed by atoms with Gasteiger partial charge in [-0.2, -0.15) is 0 Å². The number of nitrogens with zero attached hydrogens (tertiary/aromatic N) is 2. The maximum Gasteiger partial charge on any atom is 0.112 e. The van der Waals surface area contributed by atoms with E-state index in [2.05, 4.69) is 49.6 Å². The fraction of sp³-hybridized carbons (Fsp3) is 0.760. The van der Waals surface area contributed by atoms with E-state index >= 15 is 0 Å². The lowest BCUT2D eigenvalue weighted by atomic mass is 9.73. The van der Waals surface area contributed by atoms with Crippen LogP contribution in [0.4, 0.5) is 0 Å². The van der Waals surface area contributed by atoms with Crippen molar-refractivity contribution < 1.29 is 5.11 Å². The number of hydrogen-bond donors (Lipinski definition) is 1. The van der Waals surface area contributed by atoms with Crippen molar-refractivity contribution >= 4 is 0 Å². The Hall–Kier alpha value is -1.06. The van der Waals surface area contributed by atoms with Crippen LogP contribution < -0.4 is 0 Å². The zero-order valence-electron chi connectivity index (χ0n) is 18.7. The van der Waals surface area contributed by atoms with Crippen molar-refractivity contribution in [3.63, 3.8) is 0 Å². The van der Waals surface area contributed by atoms with E-state index in [9.17, 15) is 5.11 Å². The van der Waals surface area contributed by atoms with Crippen LogP contribution >= 0.6 is 0 Å². The second-order valence-corrected chi connectivity index (χ2v) is 10.1. The van der Waals surface area contributed by atoms with Crippen LogP contribution in [0, 0.1) is 17.3 Å². The van der Waals surface area contributed by atoms with Crippen molar-refractivity contribution in [3.8, 4) is 0 Å². The molecule has 158 valence electrons. The predicted molar refractivity (Wildman–Crippen MR) is 120 cm³/mol. The van der Waals surface area contributed by atoms with Gasteiger partial charge in [0.25, 0.3) is 0 Å². The number of rotatable bonds is 6. The lowest BCUT2D eigenvalue weighted by Gasteiger charge is -2.44. The molecule has 0 aromatic heterocycles. The number of piperazine rings is 1. The van der Waals surface area contributed by atoms with Crippen molar-refractivity contribution in [3.05, 3.63) is 35.6 Å². The minimum atomic E-state index is 0.0433. The summed E-state index contributed by atoms with van der Waals surface area (Å²) in [5.41, 5.74) is 1.29. The van der Waals surface area contributed by atoms with E-state index in [0.29, 0.717) is 17.7 Å². The fourth-order valence-electron chi connectivity index (χ4n) is 5.16. The van der Waals surface area contributed by atoms with Gasteiger partial charge in [0, 0.05) is 38.8 Å². The van der Waals surface area contributed by atoms with Gasteiger partial charge in [-0.05, 0) is 61.2 Å². The summed E-state index contributed by atoms with van der Waals surface area (Å²) in [6, 6.07) is 0.627. The molecule has 1 aliphatic heterocycles. The van der Waals surface area contributed by atoms with Crippen LogP contribution in [0.25, 0.3) is 0 Å². The Kier molecular flexibility index (Phi) is 7.44. The molecule has 2 atom stereocenters. The maximum atomic E-state index is 10.1. The quantitative estimate of drug-likeness (QED) is 0.647. The summed E-state index contributed by atoms with van der Waals surface area (Å²) in [6.07, 6.45) is 16.3. The van der Waals surface area contributed by atoms with Crippen LogP contribution in [0.2, 0.25) is 0 Å². The molecule has 0 radical (unpaired) electrons. The highest BCUT2D eigenvalue weighted by Gasteiger charge is 2.33. The maximum absolute atomic E-state index is 10.1. The molecule has 2 aliphatic carbocycles. The van der Waals surface area contributed by atoms with Gasteiger partial charge in [-0.3, -0.25) is 4.90 Å². The van der Waals surface area contributed by atoms with Gasteiger partial charge in [0.1, 0.15) is 5.76 Å². The molecular weight excluding hydrogens is 344 g/mol. The SMILES string of the molecule is CC1CN(CC2CCCCC2)CCN1CC(C)C(C)(C)C1=CC(O)=CCC=C1. The minimum Gasteiger partial charge on any atom is -0.508 e. The third-order valence-electron chi connectivity index (χ3n) is 7.64. The summed E-state index contributed by atoms with van der Waals surface area (Å²) >= 11 is 0. The molecule has 1 heterocycles. The highest BCUT2D eigenvalue weighted by atomic mass is 16.3. The Labute approximate surface area is 173 Å². The molecule has 1 saturated heterocycles. The van der Waals surface area contributed by atoms with E-state index < -0.39 is 0 Å². The van der Waals surface area contributed by atoms with Crippen molar-refractivity contribution in [1.82, 2.24) is 9.80 Å². The Morgan fingerprint density at radius 3 is 2.64 bits per heavy atom. The first kappa shape index (κ1) is 21.6. The average Bonchev–Trinajstić information content (AvgIpc) is 2.89. The number of allylic oxidation sites excluding steroid dienone is 5. The first-order valence-corrected chi connectivity index (χ1v) is 11.6. The highest BCUT2D eigenvalue weighted by molar-refractivity contribution is 5.35. The lowest BCUT2D eigenvalue weighted by Crippen LogP contribution is -2.54. The van der Waals surface area contributed by atoms with E-state index in [1.165, 1.54) is 63.9 Å². The lowest BCUT2D eigenvalue weighted by molar-refractivity contribution is 0.0473. The topological polar surface area (TPSA) is 26.7 Å². The first-order valence-electron chi connectivity index (χ1n) is 11.6. The molecule has 2 fully saturated rings. The monoisotopic (exact) mass is 386 g/mol. The van der Waals surface area contributed by atoms with Gasteiger partial charge in [-0.15, -0.1) is 0 Å². The van der Waals surface area contributed by atoms with E-state index in [1.54, 1.807) is 0 Å². The molecule has 0 aromatic carbocycles. The molecule has 1 N–H and O–H groups in total. The Morgan fingerprint density at radius 2 is 1.93 bits per heavy atom. The summed E-state index contributed by atoms with van der Waals surface area (Å²) in [5, 5.41) is 10.1. The van der Waals surface area contributed by atoms with Crippen molar-refractivity contribution in [2.75, 3.05) is 32.7 Å². The van der Waals surface area contributed by atoms with E-state index in [1.807, 2.05) is 12.2 Å². The van der Waals surface area contributed by atoms with Gasteiger partial charge < -0.3 is 10.0 Å². The van der Waals surface area contributed by atoms with Crippen LogP contribution in [0.5, 0.6) is 0 Å². The normalized spacial score (nSPS) is 27.2. The van der Waals surface area contributed by atoms with E-state index in [4.69, 9.17) is 0 Å². The molecule has 3 aliphatic rings. The Morgan fingerprint density at radius 1 is 1.18 bits per heavy atom. The molecule has 2 unspecified atom stereocenters. The first-order chi connectivity index (χ1) is 13.4. The molecule has 28 heavy (non-hydrogen) atoms. The average molecular weight is 387 g/mol.